The molecule has 1 nitrogen and oxygen atoms in total. The molecule has 0 aliphatic rings. The van der Waals surface area contributed by atoms with Crippen LogP contribution in [0, 0.1) is 0 Å². The van der Waals surface area contributed by atoms with E-state index < -0.39 is 0 Å². The first-order chi connectivity index (χ1) is 10.0. The highest BCUT2D eigenvalue weighted by molar-refractivity contribution is 9.10. The summed E-state index contributed by atoms with van der Waals surface area (Å²) in [5.74, 6) is 0.553. The molecule has 0 spiro atoms. The fourth-order valence-electron chi connectivity index (χ4n) is 2.45. The molecule has 0 bridgehead atoms. The molecule has 1 unspecified atom stereocenters. The first-order valence-electron chi connectivity index (χ1n) is 7.30. The molecule has 21 heavy (non-hydrogen) atoms. The van der Waals surface area contributed by atoms with Gasteiger partial charge in [0, 0.05) is 9.50 Å². The van der Waals surface area contributed by atoms with E-state index in [0.29, 0.717) is 5.92 Å². The Morgan fingerprint density at radius 1 is 1.00 bits per heavy atom. The number of rotatable bonds is 5. The van der Waals surface area contributed by atoms with Crippen LogP contribution >= 0.6 is 27.5 Å². The maximum Gasteiger partial charge on any atom is 0.0577 e. The Hall–Kier alpha value is -0.830. The maximum atomic E-state index is 6.19. The van der Waals surface area contributed by atoms with Crippen molar-refractivity contribution in [3.8, 4) is 0 Å². The molecule has 0 aliphatic heterocycles. The van der Waals surface area contributed by atoms with Gasteiger partial charge in [-0.05, 0) is 47.4 Å². The van der Waals surface area contributed by atoms with Gasteiger partial charge in [-0.3, -0.25) is 0 Å². The van der Waals surface area contributed by atoms with Crippen molar-refractivity contribution in [1.82, 2.24) is 5.32 Å². The van der Waals surface area contributed by atoms with Gasteiger partial charge in [-0.25, -0.2) is 0 Å². The highest BCUT2D eigenvalue weighted by atomic mass is 79.9. The van der Waals surface area contributed by atoms with Crippen molar-refractivity contribution in [1.29, 1.82) is 0 Å². The Morgan fingerprint density at radius 2 is 1.62 bits per heavy atom. The third kappa shape index (κ3) is 4.32. The summed E-state index contributed by atoms with van der Waals surface area (Å²) in [4.78, 5) is 0. The van der Waals surface area contributed by atoms with Gasteiger partial charge >= 0.3 is 0 Å². The smallest absolute Gasteiger partial charge is 0.0577 e. The van der Waals surface area contributed by atoms with Crippen LogP contribution in [0.4, 0.5) is 0 Å². The summed E-state index contributed by atoms with van der Waals surface area (Å²) < 4.78 is 1.01. The second-order valence-electron chi connectivity index (χ2n) is 5.51. The Labute approximate surface area is 140 Å². The molecule has 0 heterocycles. The average molecular weight is 367 g/mol. The molecule has 0 fully saturated rings. The van der Waals surface area contributed by atoms with Gasteiger partial charge in [0.15, 0.2) is 0 Å². The third-order valence-corrected chi connectivity index (χ3v) is 4.24. The van der Waals surface area contributed by atoms with E-state index in [2.05, 4.69) is 72.3 Å². The Balaban J connectivity index is 2.38. The zero-order chi connectivity index (χ0) is 15.4. The largest absolute Gasteiger partial charge is 0.307 e. The molecule has 2 rings (SSSR count). The topological polar surface area (TPSA) is 12.0 Å². The van der Waals surface area contributed by atoms with Crippen LogP contribution in [-0.4, -0.2) is 6.54 Å². The predicted molar refractivity (Wildman–Crippen MR) is 95.2 cm³/mol. The van der Waals surface area contributed by atoms with Gasteiger partial charge in [0.1, 0.15) is 0 Å². The van der Waals surface area contributed by atoms with Crippen LogP contribution in [0.25, 0.3) is 0 Å². The van der Waals surface area contributed by atoms with Gasteiger partial charge in [-0.15, -0.1) is 0 Å². The molecule has 0 amide bonds. The molecule has 1 N–H and O–H groups in total. The van der Waals surface area contributed by atoms with E-state index in [1.165, 1.54) is 16.7 Å². The van der Waals surface area contributed by atoms with Crippen LogP contribution in [-0.2, 0) is 0 Å². The van der Waals surface area contributed by atoms with Crippen LogP contribution in [0.3, 0.4) is 0 Å². The molecule has 0 aromatic heterocycles. The number of nitrogens with one attached hydrogen (secondary N) is 1. The van der Waals surface area contributed by atoms with E-state index in [-0.39, 0.29) is 6.04 Å². The van der Waals surface area contributed by atoms with E-state index in [0.717, 1.165) is 16.0 Å². The van der Waals surface area contributed by atoms with Crippen molar-refractivity contribution in [2.45, 2.75) is 32.7 Å². The molecule has 0 aliphatic carbocycles. The van der Waals surface area contributed by atoms with Gasteiger partial charge in [0.25, 0.3) is 0 Å². The van der Waals surface area contributed by atoms with Gasteiger partial charge < -0.3 is 5.32 Å². The molecule has 3 heteroatoms. The third-order valence-electron chi connectivity index (χ3n) is 3.56. The summed E-state index contributed by atoms with van der Waals surface area (Å²) in [6.45, 7) is 7.45. The van der Waals surface area contributed by atoms with Gasteiger partial charge in [0.05, 0.1) is 6.04 Å². The number of benzene rings is 2. The molecule has 0 radical (unpaired) electrons. The Kier molecular flexibility index (Phi) is 5.86. The van der Waals surface area contributed by atoms with Crippen molar-refractivity contribution in [2.75, 3.05) is 6.54 Å². The molecule has 0 saturated heterocycles. The molecule has 2 aromatic carbocycles. The van der Waals surface area contributed by atoms with Crippen LogP contribution < -0.4 is 5.32 Å². The lowest BCUT2D eigenvalue weighted by molar-refractivity contribution is 0.630. The monoisotopic (exact) mass is 365 g/mol. The quantitative estimate of drug-likeness (QED) is 0.692. The molecule has 2 aromatic rings. The first kappa shape index (κ1) is 16.5. The number of hydrogen-bond donors (Lipinski definition) is 1. The van der Waals surface area contributed by atoms with Crippen molar-refractivity contribution in [2.24, 2.45) is 0 Å². The van der Waals surface area contributed by atoms with E-state index in [1.807, 2.05) is 12.1 Å². The van der Waals surface area contributed by atoms with E-state index in [1.54, 1.807) is 0 Å². The summed E-state index contributed by atoms with van der Waals surface area (Å²) in [5.41, 5.74) is 3.80. The van der Waals surface area contributed by atoms with Crippen LogP contribution in [0.15, 0.2) is 46.9 Å². The first-order valence-corrected chi connectivity index (χ1v) is 8.47. The summed E-state index contributed by atoms with van der Waals surface area (Å²) in [6.07, 6.45) is 0. The van der Waals surface area contributed by atoms with Crippen molar-refractivity contribution >= 4 is 27.5 Å². The van der Waals surface area contributed by atoms with E-state index in [4.69, 9.17) is 11.6 Å². The SMILES string of the molecule is CCNC(c1ccc(C(C)C)cc1)c1cc(Cl)cc(Br)c1. The van der Waals surface area contributed by atoms with Crippen molar-refractivity contribution < 1.29 is 0 Å². The Bertz CT molecular complexity index is 572. The predicted octanol–water partition coefficient (Wildman–Crippen LogP) is 5.92. The second-order valence-corrected chi connectivity index (χ2v) is 6.87. The summed E-state index contributed by atoms with van der Waals surface area (Å²) >= 11 is 9.71. The van der Waals surface area contributed by atoms with Crippen LogP contribution in [0.2, 0.25) is 5.02 Å². The van der Waals surface area contributed by atoms with Crippen LogP contribution in [0.1, 0.15) is 49.4 Å². The lowest BCUT2D eigenvalue weighted by atomic mass is 9.95. The highest BCUT2D eigenvalue weighted by Gasteiger charge is 2.14. The fraction of sp³-hybridized carbons (Fsp3) is 0.333. The molecule has 112 valence electrons. The Morgan fingerprint density at radius 3 is 2.14 bits per heavy atom. The highest BCUT2D eigenvalue weighted by Crippen LogP contribution is 2.29. The van der Waals surface area contributed by atoms with Crippen molar-refractivity contribution in [3.63, 3.8) is 0 Å². The average Bonchev–Trinajstić information content (AvgIpc) is 2.44. The van der Waals surface area contributed by atoms with Gasteiger partial charge in [-0.1, -0.05) is 72.6 Å². The summed E-state index contributed by atoms with van der Waals surface area (Å²) in [5, 5.41) is 4.29. The molecule has 0 saturated carbocycles. The summed E-state index contributed by atoms with van der Waals surface area (Å²) in [7, 11) is 0. The lowest BCUT2D eigenvalue weighted by Gasteiger charge is -2.20. The van der Waals surface area contributed by atoms with Gasteiger partial charge in [0.2, 0.25) is 0 Å². The minimum absolute atomic E-state index is 0.159. The lowest BCUT2D eigenvalue weighted by Crippen LogP contribution is -2.22. The molecular weight excluding hydrogens is 346 g/mol. The van der Waals surface area contributed by atoms with Gasteiger partial charge in [-0.2, -0.15) is 0 Å². The second kappa shape index (κ2) is 7.44. The molecular formula is C18H21BrClN. The van der Waals surface area contributed by atoms with Crippen molar-refractivity contribution in [3.05, 3.63) is 68.7 Å². The maximum absolute atomic E-state index is 6.19. The fourth-order valence-corrected chi connectivity index (χ4v) is 3.33. The summed E-state index contributed by atoms with van der Waals surface area (Å²) in [6, 6.07) is 15.1. The van der Waals surface area contributed by atoms with E-state index >= 15 is 0 Å². The zero-order valence-corrected chi connectivity index (χ0v) is 15.0. The van der Waals surface area contributed by atoms with E-state index in [9.17, 15) is 0 Å². The molecule has 1 atom stereocenters. The normalized spacial score (nSPS) is 12.7. The van der Waals surface area contributed by atoms with Crippen LogP contribution in [0.5, 0.6) is 0 Å². The number of hydrogen-bond acceptors (Lipinski definition) is 1. The minimum Gasteiger partial charge on any atom is -0.307 e. The minimum atomic E-state index is 0.159. The number of halogens is 2. The zero-order valence-electron chi connectivity index (χ0n) is 12.7. The standard InChI is InChI=1S/C18H21BrClN/c1-4-21-18(15-9-16(19)11-17(20)10-15)14-7-5-13(6-8-14)12(2)3/h5-12,18,21H,4H2,1-3H3.